The molecule has 96 valence electrons. The molecule has 2 aromatic carbocycles. The van der Waals surface area contributed by atoms with Crippen LogP contribution in [0.3, 0.4) is 0 Å². The number of benzene rings is 2. The molecule has 0 amide bonds. The molecule has 2 nitrogen and oxygen atoms in total. The standard InChI is InChI=1S/C17H17NO/c1-14(18)16-10-5-11-17(13-16)19-12-6-9-15-7-3-2-4-8-15/h2-5,7-8,10-11,13-14H,12,18H2,1H3/t14-/m1/s1. The smallest absolute Gasteiger partial charge is 0.149 e. The van der Waals surface area contributed by atoms with Crippen LogP contribution >= 0.6 is 0 Å². The predicted octanol–water partition coefficient (Wildman–Crippen LogP) is 3.14. The molecule has 2 N–H and O–H groups in total. The molecule has 0 saturated carbocycles. The van der Waals surface area contributed by atoms with E-state index in [2.05, 4.69) is 11.8 Å². The van der Waals surface area contributed by atoms with Gasteiger partial charge in [-0.2, -0.15) is 0 Å². The minimum absolute atomic E-state index is 0.0129. The Hall–Kier alpha value is -2.24. The average Bonchev–Trinajstić information content (AvgIpc) is 2.45. The van der Waals surface area contributed by atoms with Gasteiger partial charge in [-0.15, -0.1) is 0 Å². The second-order valence-electron chi connectivity index (χ2n) is 4.32. The summed E-state index contributed by atoms with van der Waals surface area (Å²) in [5.74, 6) is 6.85. The van der Waals surface area contributed by atoms with E-state index in [1.807, 2.05) is 61.5 Å². The van der Waals surface area contributed by atoms with E-state index in [4.69, 9.17) is 10.5 Å². The SMILES string of the molecule is C[C@@H](N)c1cccc(OCC#Cc2ccccc2)c1. The third-order valence-electron chi connectivity index (χ3n) is 2.70. The summed E-state index contributed by atoms with van der Waals surface area (Å²) in [6.07, 6.45) is 0. The van der Waals surface area contributed by atoms with Crippen molar-refractivity contribution in [3.05, 3.63) is 65.7 Å². The van der Waals surface area contributed by atoms with E-state index in [0.29, 0.717) is 6.61 Å². The highest BCUT2D eigenvalue weighted by atomic mass is 16.5. The van der Waals surface area contributed by atoms with Crippen LogP contribution in [0.25, 0.3) is 0 Å². The molecule has 2 aromatic rings. The fourth-order valence-corrected chi connectivity index (χ4v) is 1.67. The molecule has 0 aliphatic rings. The first kappa shape index (κ1) is 13.2. The lowest BCUT2D eigenvalue weighted by Gasteiger charge is -2.07. The normalized spacial score (nSPS) is 11.3. The lowest BCUT2D eigenvalue weighted by Crippen LogP contribution is -2.05. The molecule has 0 unspecified atom stereocenters. The quantitative estimate of drug-likeness (QED) is 0.851. The maximum Gasteiger partial charge on any atom is 0.149 e. The van der Waals surface area contributed by atoms with Crippen LogP contribution in [0.4, 0.5) is 0 Å². The van der Waals surface area contributed by atoms with Gasteiger partial charge in [0.1, 0.15) is 12.4 Å². The summed E-state index contributed by atoms with van der Waals surface area (Å²) >= 11 is 0. The van der Waals surface area contributed by atoms with Crippen molar-refractivity contribution in [3.8, 4) is 17.6 Å². The van der Waals surface area contributed by atoms with E-state index in [1.165, 1.54) is 0 Å². The number of hydrogen-bond acceptors (Lipinski definition) is 2. The van der Waals surface area contributed by atoms with Gasteiger partial charge in [-0.25, -0.2) is 0 Å². The molecule has 0 heterocycles. The van der Waals surface area contributed by atoms with Crippen LogP contribution < -0.4 is 10.5 Å². The van der Waals surface area contributed by atoms with Crippen LogP contribution in [0.15, 0.2) is 54.6 Å². The summed E-state index contributed by atoms with van der Waals surface area (Å²) in [6, 6.07) is 17.7. The summed E-state index contributed by atoms with van der Waals surface area (Å²) in [7, 11) is 0. The Morgan fingerprint density at radius 3 is 2.63 bits per heavy atom. The molecular formula is C17H17NO. The third kappa shape index (κ3) is 4.17. The van der Waals surface area contributed by atoms with Crippen molar-refractivity contribution in [2.24, 2.45) is 5.73 Å². The maximum absolute atomic E-state index is 5.83. The molecule has 2 heteroatoms. The summed E-state index contributed by atoms with van der Waals surface area (Å²) in [5.41, 5.74) is 7.89. The predicted molar refractivity (Wildman–Crippen MR) is 77.9 cm³/mol. The van der Waals surface area contributed by atoms with E-state index in [1.54, 1.807) is 0 Å². The molecule has 0 aliphatic carbocycles. The molecule has 0 radical (unpaired) electrons. The topological polar surface area (TPSA) is 35.2 Å². The van der Waals surface area contributed by atoms with E-state index in [9.17, 15) is 0 Å². The van der Waals surface area contributed by atoms with Crippen LogP contribution in [-0.4, -0.2) is 6.61 Å². The molecule has 0 aromatic heterocycles. The fourth-order valence-electron chi connectivity index (χ4n) is 1.67. The van der Waals surface area contributed by atoms with Crippen LogP contribution in [0.1, 0.15) is 24.1 Å². The van der Waals surface area contributed by atoms with Gasteiger partial charge in [-0.3, -0.25) is 0 Å². The lowest BCUT2D eigenvalue weighted by molar-refractivity contribution is 0.369. The molecular weight excluding hydrogens is 234 g/mol. The highest BCUT2D eigenvalue weighted by Crippen LogP contribution is 2.17. The van der Waals surface area contributed by atoms with E-state index in [0.717, 1.165) is 16.9 Å². The molecule has 1 atom stereocenters. The zero-order chi connectivity index (χ0) is 13.5. The van der Waals surface area contributed by atoms with Gasteiger partial charge in [-0.1, -0.05) is 42.2 Å². The van der Waals surface area contributed by atoms with Crippen molar-refractivity contribution in [2.75, 3.05) is 6.61 Å². The monoisotopic (exact) mass is 251 g/mol. The first-order valence-electron chi connectivity index (χ1n) is 6.28. The van der Waals surface area contributed by atoms with E-state index >= 15 is 0 Å². The largest absolute Gasteiger partial charge is 0.481 e. The molecule has 0 bridgehead atoms. The summed E-state index contributed by atoms with van der Waals surface area (Å²) < 4.78 is 5.59. The van der Waals surface area contributed by atoms with Crippen molar-refractivity contribution in [1.29, 1.82) is 0 Å². The van der Waals surface area contributed by atoms with Gasteiger partial charge in [0, 0.05) is 11.6 Å². The van der Waals surface area contributed by atoms with Gasteiger partial charge in [0.05, 0.1) is 0 Å². The summed E-state index contributed by atoms with van der Waals surface area (Å²) in [4.78, 5) is 0. The highest BCUT2D eigenvalue weighted by molar-refractivity contribution is 5.34. The lowest BCUT2D eigenvalue weighted by atomic mass is 10.1. The van der Waals surface area contributed by atoms with Crippen LogP contribution in [0.5, 0.6) is 5.75 Å². The zero-order valence-corrected chi connectivity index (χ0v) is 11.0. The fraction of sp³-hybridized carbons (Fsp3) is 0.176. The van der Waals surface area contributed by atoms with Gasteiger partial charge < -0.3 is 10.5 Å². The third-order valence-corrected chi connectivity index (χ3v) is 2.70. The van der Waals surface area contributed by atoms with E-state index in [-0.39, 0.29) is 6.04 Å². The summed E-state index contributed by atoms with van der Waals surface area (Å²) in [6.45, 7) is 2.33. The minimum atomic E-state index is 0.0129. The van der Waals surface area contributed by atoms with Gasteiger partial charge in [0.15, 0.2) is 0 Å². The number of rotatable bonds is 3. The van der Waals surface area contributed by atoms with Crippen molar-refractivity contribution in [1.82, 2.24) is 0 Å². The Labute approximate surface area is 114 Å². The highest BCUT2D eigenvalue weighted by Gasteiger charge is 2.00. The first-order valence-corrected chi connectivity index (χ1v) is 6.28. The Bertz CT molecular complexity index is 579. The Kier molecular flexibility index (Phi) is 4.60. The van der Waals surface area contributed by atoms with Crippen molar-refractivity contribution < 1.29 is 4.74 Å². The van der Waals surface area contributed by atoms with Crippen molar-refractivity contribution in [2.45, 2.75) is 13.0 Å². The Morgan fingerprint density at radius 1 is 1.11 bits per heavy atom. The van der Waals surface area contributed by atoms with Crippen molar-refractivity contribution in [3.63, 3.8) is 0 Å². The maximum atomic E-state index is 5.83. The molecule has 0 aliphatic heterocycles. The molecule has 0 spiro atoms. The van der Waals surface area contributed by atoms with Crippen LogP contribution in [0, 0.1) is 11.8 Å². The van der Waals surface area contributed by atoms with Crippen molar-refractivity contribution >= 4 is 0 Å². The van der Waals surface area contributed by atoms with Gasteiger partial charge >= 0.3 is 0 Å². The molecule has 0 saturated heterocycles. The number of ether oxygens (including phenoxy) is 1. The van der Waals surface area contributed by atoms with Crippen LogP contribution in [0.2, 0.25) is 0 Å². The van der Waals surface area contributed by atoms with Gasteiger partial charge in [0.2, 0.25) is 0 Å². The Balaban J connectivity index is 1.93. The zero-order valence-electron chi connectivity index (χ0n) is 11.0. The summed E-state index contributed by atoms with van der Waals surface area (Å²) in [5, 5.41) is 0. The first-order chi connectivity index (χ1) is 9.25. The van der Waals surface area contributed by atoms with E-state index < -0.39 is 0 Å². The average molecular weight is 251 g/mol. The molecule has 2 rings (SSSR count). The van der Waals surface area contributed by atoms with Crippen LogP contribution in [-0.2, 0) is 0 Å². The number of nitrogens with two attached hydrogens (primary N) is 1. The molecule has 19 heavy (non-hydrogen) atoms. The minimum Gasteiger partial charge on any atom is -0.481 e. The second-order valence-corrected chi connectivity index (χ2v) is 4.32. The van der Waals surface area contributed by atoms with Gasteiger partial charge in [0.25, 0.3) is 0 Å². The molecule has 0 fully saturated rings. The number of hydrogen-bond donors (Lipinski definition) is 1. The Morgan fingerprint density at radius 2 is 1.89 bits per heavy atom. The van der Waals surface area contributed by atoms with Gasteiger partial charge in [-0.05, 0) is 36.8 Å². The second kappa shape index (κ2) is 6.63.